The quantitative estimate of drug-likeness (QED) is 0.699. The molecule has 0 spiro atoms. The molecule has 0 aliphatic rings. The van der Waals surface area contributed by atoms with Gasteiger partial charge in [0.05, 0.1) is 0 Å². The summed E-state index contributed by atoms with van der Waals surface area (Å²) in [5.41, 5.74) is 0. The minimum atomic E-state index is -1.97. The van der Waals surface area contributed by atoms with Gasteiger partial charge in [-0.25, -0.2) is 4.79 Å². The summed E-state index contributed by atoms with van der Waals surface area (Å²) in [6, 6.07) is 0.924. The van der Waals surface area contributed by atoms with Gasteiger partial charge < -0.3 is 9.53 Å². The zero-order valence-electron chi connectivity index (χ0n) is 8.96. The molecular formula is C9H20O3Si. The molecule has 0 radical (unpaired) electrons. The molecule has 13 heavy (non-hydrogen) atoms. The number of rotatable bonds is 5. The van der Waals surface area contributed by atoms with Crippen LogP contribution in [0.4, 0.5) is 4.79 Å². The summed E-state index contributed by atoms with van der Waals surface area (Å²) < 4.78 is 4.91. The lowest BCUT2D eigenvalue weighted by Crippen LogP contribution is -2.34. The number of hydrogen-bond donors (Lipinski definition) is 1. The average molecular weight is 204 g/mol. The van der Waals surface area contributed by atoms with Crippen molar-refractivity contribution in [3.8, 4) is 0 Å². The Kier molecular flexibility index (Phi) is 5.06. The van der Waals surface area contributed by atoms with Crippen molar-refractivity contribution in [1.82, 2.24) is 0 Å². The topological polar surface area (TPSA) is 46.5 Å². The lowest BCUT2D eigenvalue weighted by atomic mass is 10.1. The summed E-state index contributed by atoms with van der Waals surface area (Å²) in [5.74, 6) is 0.575. The average Bonchev–Trinajstić information content (AvgIpc) is 1.81. The molecule has 4 heteroatoms. The van der Waals surface area contributed by atoms with Crippen molar-refractivity contribution in [2.45, 2.75) is 45.8 Å². The SMILES string of the molecule is CCCC(C)C[Si](C)(C)OC(=O)O. The van der Waals surface area contributed by atoms with Gasteiger partial charge >= 0.3 is 6.16 Å². The van der Waals surface area contributed by atoms with Crippen LogP contribution in [-0.2, 0) is 4.43 Å². The number of hydrogen-bond acceptors (Lipinski definition) is 2. The van der Waals surface area contributed by atoms with Gasteiger partial charge in [0.1, 0.15) is 0 Å². The standard InChI is InChI=1S/C9H20O3Si/c1-5-6-8(2)7-13(3,4)12-9(10)11/h8H,5-7H2,1-4H3,(H,10,11). The molecule has 0 rings (SSSR count). The summed E-state index contributed by atoms with van der Waals surface area (Å²) in [7, 11) is -1.97. The Labute approximate surface area is 81.2 Å². The van der Waals surface area contributed by atoms with E-state index in [1.165, 1.54) is 0 Å². The molecule has 0 aromatic heterocycles. The van der Waals surface area contributed by atoms with Crippen molar-refractivity contribution in [2.24, 2.45) is 5.92 Å². The lowest BCUT2D eigenvalue weighted by molar-refractivity contribution is 0.141. The first kappa shape index (κ1) is 12.5. The van der Waals surface area contributed by atoms with Gasteiger partial charge in [-0.2, -0.15) is 0 Å². The fraction of sp³-hybridized carbons (Fsp3) is 0.889. The van der Waals surface area contributed by atoms with Crippen molar-refractivity contribution in [3.05, 3.63) is 0 Å². The minimum Gasteiger partial charge on any atom is -0.490 e. The minimum absolute atomic E-state index is 0.575. The Bertz CT molecular complexity index is 168. The molecule has 0 aliphatic carbocycles. The molecular weight excluding hydrogens is 184 g/mol. The lowest BCUT2D eigenvalue weighted by Gasteiger charge is -2.23. The summed E-state index contributed by atoms with van der Waals surface area (Å²) in [4.78, 5) is 10.4. The van der Waals surface area contributed by atoms with E-state index in [1.54, 1.807) is 0 Å². The third kappa shape index (κ3) is 6.63. The summed E-state index contributed by atoms with van der Waals surface area (Å²) in [6.45, 7) is 8.20. The first-order chi connectivity index (χ1) is 5.87. The number of carbonyl (C=O) groups is 1. The van der Waals surface area contributed by atoms with Crippen LogP contribution in [0.25, 0.3) is 0 Å². The Morgan fingerprint density at radius 2 is 2.08 bits per heavy atom. The van der Waals surface area contributed by atoms with Gasteiger partial charge in [0, 0.05) is 0 Å². The number of carboxylic acid groups (broad SMARTS) is 1. The maximum absolute atomic E-state index is 10.4. The predicted octanol–water partition coefficient (Wildman–Crippen LogP) is 3.32. The maximum atomic E-state index is 10.4. The van der Waals surface area contributed by atoms with E-state index in [1.807, 2.05) is 13.1 Å². The first-order valence-electron chi connectivity index (χ1n) is 4.79. The van der Waals surface area contributed by atoms with Gasteiger partial charge in [0.15, 0.2) is 0 Å². The van der Waals surface area contributed by atoms with Crippen molar-refractivity contribution < 1.29 is 14.3 Å². The Morgan fingerprint density at radius 1 is 1.54 bits per heavy atom. The highest BCUT2D eigenvalue weighted by molar-refractivity contribution is 6.72. The molecule has 0 aromatic carbocycles. The molecule has 0 fully saturated rings. The third-order valence-corrected chi connectivity index (χ3v) is 4.39. The fourth-order valence-corrected chi connectivity index (χ4v) is 4.15. The highest BCUT2D eigenvalue weighted by atomic mass is 28.4. The molecule has 0 amide bonds. The van der Waals surface area contributed by atoms with E-state index in [4.69, 9.17) is 9.53 Å². The third-order valence-electron chi connectivity index (χ3n) is 1.99. The molecule has 0 aliphatic heterocycles. The van der Waals surface area contributed by atoms with E-state index in [9.17, 15) is 4.79 Å². The van der Waals surface area contributed by atoms with Crippen LogP contribution in [0.3, 0.4) is 0 Å². The fourth-order valence-electron chi connectivity index (χ4n) is 1.71. The highest BCUT2D eigenvalue weighted by Crippen LogP contribution is 2.21. The Balaban J connectivity index is 3.92. The second-order valence-electron chi connectivity index (χ2n) is 4.23. The van der Waals surface area contributed by atoms with E-state index in [-0.39, 0.29) is 0 Å². The first-order valence-corrected chi connectivity index (χ1v) is 7.91. The molecule has 0 saturated heterocycles. The van der Waals surface area contributed by atoms with E-state index in [0.29, 0.717) is 5.92 Å². The molecule has 0 heterocycles. The summed E-state index contributed by atoms with van der Waals surface area (Å²) in [6.07, 6.45) is 1.18. The van der Waals surface area contributed by atoms with Gasteiger partial charge in [-0.3, -0.25) is 0 Å². The van der Waals surface area contributed by atoms with Gasteiger partial charge in [-0.05, 0) is 25.1 Å². The molecule has 0 saturated carbocycles. The molecule has 0 bridgehead atoms. The largest absolute Gasteiger partial charge is 0.491 e. The van der Waals surface area contributed by atoms with E-state index >= 15 is 0 Å². The predicted molar refractivity (Wildman–Crippen MR) is 55.5 cm³/mol. The summed E-state index contributed by atoms with van der Waals surface area (Å²) >= 11 is 0. The van der Waals surface area contributed by atoms with Crippen molar-refractivity contribution in [1.29, 1.82) is 0 Å². The van der Waals surface area contributed by atoms with Crippen LogP contribution in [0, 0.1) is 5.92 Å². The zero-order chi connectivity index (χ0) is 10.5. The second kappa shape index (κ2) is 5.27. The second-order valence-corrected chi connectivity index (χ2v) is 8.36. The van der Waals surface area contributed by atoms with E-state index in [0.717, 1.165) is 18.9 Å². The van der Waals surface area contributed by atoms with Crippen LogP contribution < -0.4 is 0 Å². The van der Waals surface area contributed by atoms with Crippen molar-refractivity contribution >= 4 is 14.5 Å². The van der Waals surface area contributed by atoms with Crippen LogP contribution in [-0.4, -0.2) is 19.6 Å². The van der Waals surface area contributed by atoms with Gasteiger partial charge in [0.2, 0.25) is 0 Å². The van der Waals surface area contributed by atoms with Crippen LogP contribution in [0.15, 0.2) is 0 Å². The molecule has 1 atom stereocenters. The Hall–Kier alpha value is -0.513. The van der Waals surface area contributed by atoms with E-state index < -0.39 is 14.5 Å². The monoisotopic (exact) mass is 204 g/mol. The zero-order valence-corrected chi connectivity index (χ0v) is 9.96. The highest BCUT2D eigenvalue weighted by Gasteiger charge is 2.28. The molecule has 0 aromatic rings. The smallest absolute Gasteiger partial charge is 0.490 e. The van der Waals surface area contributed by atoms with Crippen molar-refractivity contribution in [2.75, 3.05) is 0 Å². The van der Waals surface area contributed by atoms with Crippen LogP contribution in [0.1, 0.15) is 26.7 Å². The maximum Gasteiger partial charge on any atom is 0.491 e. The van der Waals surface area contributed by atoms with Crippen molar-refractivity contribution in [3.63, 3.8) is 0 Å². The van der Waals surface area contributed by atoms with Gasteiger partial charge in [0.25, 0.3) is 8.32 Å². The summed E-state index contributed by atoms with van der Waals surface area (Å²) in [5, 5.41) is 8.50. The molecule has 1 unspecified atom stereocenters. The Morgan fingerprint density at radius 3 is 2.46 bits per heavy atom. The van der Waals surface area contributed by atoms with Gasteiger partial charge in [-0.15, -0.1) is 0 Å². The van der Waals surface area contributed by atoms with Gasteiger partial charge in [-0.1, -0.05) is 26.7 Å². The molecule has 78 valence electrons. The van der Waals surface area contributed by atoms with Crippen LogP contribution in [0.2, 0.25) is 19.1 Å². The molecule has 1 N–H and O–H groups in total. The normalized spacial score (nSPS) is 13.8. The molecule has 3 nitrogen and oxygen atoms in total. The van der Waals surface area contributed by atoms with Crippen LogP contribution >= 0.6 is 0 Å². The van der Waals surface area contributed by atoms with Crippen LogP contribution in [0.5, 0.6) is 0 Å². The van der Waals surface area contributed by atoms with E-state index in [2.05, 4.69) is 13.8 Å².